The lowest BCUT2D eigenvalue weighted by Gasteiger charge is -2.34. The molecule has 7 nitrogen and oxygen atoms in total. The molecule has 10 heteroatoms. The van der Waals surface area contributed by atoms with E-state index in [4.69, 9.17) is 0 Å². The second kappa shape index (κ2) is 13.3. The van der Waals surface area contributed by atoms with Gasteiger partial charge in [0, 0.05) is 19.0 Å². The molecule has 2 amide bonds. The van der Waals surface area contributed by atoms with Crippen LogP contribution < -0.4 is 9.62 Å². The Labute approximate surface area is 228 Å². The van der Waals surface area contributed by atoms with E-state index >= 15 is 0 Å². The SMILES string of the molecule is CCC(C)NC(=O)C(Cc1ccccc1)N(Cc1ccc(F)cc1)C(=O)CN(c1cccc(F)c1)S(C)(=O)=O. The number of halogens is 2. The van der Waals surface area contributed by atoms with Crippen LogP contribution in [0, 0.1) is 11.6 Å². The summed E-state index contributed by atoms with van der Waals surface area (Å²) in [6, 6.07) is 18.4. The predicted molar refractivity (Wildman–Crippen MR) is 147 cm³/mol. The summed E-state index contributed by atoms with van der Waals surface area (Å²) in [5, 5.41) is 2.93. The molecule has 0 heterocycles. The molecule has 0 aliphatic carbocycles. The maximum absolute atomic E-state index is 14.0. The fourth-order valence-corrected chi connectivity index (χ4v) is 4.87. The summed E-state index contributed by atoms with van der Waals surface area (Å²) in [4.78, 5) is 28.8. The van der Waals surface area contributed by atoms with E-state index in [9.17, 15) is 26.8 Å². The van der Waals surface area contributed by atoms with Crippen LogP contribution in [-0.4, -0.2) is 50.0 Å². The third-order valence-electron chi connectivity index (χ3n) is 6.31. The first-order valence-electron chi connectivity index (χ1n) is 12.6. The highest BCUT2D eigenvalue weighted by molar-refractivity contribution is 7.92. The van der Waals surface area contributed by atoms with Crippen molar-refractivity contribution in [2.24, 2.45) is 0 Å². The Kier molecular flexibility index (Phi) is 10.2. The third kappa shape index (κ3) is 8.61. The second-order valence-corrected chi connectivity index (χ2v) is 11.3. The third-order valence-corrected chi connectivity index (χ3v) is 7.45. The lowest BCUT2D eigenvalue weighted by atomic mass is 10.0. The van der Waals surface area contributed by atoms with Crippen LogP contribution in [-0.2, 0) is 32.6 Å². The molecule has 0 aliphatic rings. The normalized spacial score (nSPS) is 12.8. The smallest absolute Gasteiger partial charge is 0.244 e. The molecule has 0 fully saturated rings. The van der Waals surface area contributed by atoms with Gasteiger partial charge in [-0.05, 0) is 54.8 Å². The summed E-state index contributed by atoms with van der Waals surface area (Å²) in [6.45, 7) is 3.02. The molecule has 0 spiro atoms. The van der Waals surface area contributed by atoms with E-state index in [2.05, 4.69) is 5.32 Å². The van der Waals surface area contributed by atoms with E-state index in [1.165, 1.54) is 47.4 Å². The average molecular weight is 558 g/mol. The zero-order valence-corrected chi connectivity index (χ0v) is 23.0. The van der Waals surface area contributed by atoms with Crippen molar-refractivity contribution in [3.63, 3.8) is 0 Å². The van der Waals surface area contributed by atoms with Crippen LogP contribution in [0.25, 0.3) is 0 Å². The van der Waals surface area contributed by atoms with Gasteiger partial charge in [0.05, 0.1) is 11.9 Å². The molecule has 39 heavy (non-hydrogen) atoms. The van der Waals surface area contributed by atoms with E-state index < -0.39 is 46.1 Å². The van der Waals surface area contributed by atoms with E-state index in [-0.39, 0.29) is 24.7 Å². The number of hydrogen-bond donors (Lipinski definition) is 1. The van der Waals surface area contributed by atoms with Crippen LogP contribution in [0.4, 0.5) is 14.5 Å². The Balaban J connectivity index is 2.05. The Morgan fingerprint density at radius 3 is 2.15 bits per heavy atom. The summed E-state index contributed by atoms with van der Waals surface area (Å²) in [5.74, 6) is -2.19. The van der Waals surface area contributed by atoms with Crippen molar-refractivity contribution in [3.05, 3.63) is 102 Å². The summed E-state index contributed by atoms with van der Waals surface area (Å²) in [7, 11) is -4.00. The number of benzene rings is 3. The number of rotatable bonds is 12. The van der Waals surface area contributed by atoms with Crippen molar-refractivity contribution in [2.75, 3.05) is 17.1 Å². The molecule has 0 saturated carbocycles. The molecule has 0 aromatic heterocycles. The molecule has 1 N–H and O–H groups in total. The lowest BCUT2D eigenvalue weighted by Crippen LogP contribution is -2.54. The summed E-state index contributed by atoms with van der Waals surface area (Å²) in [6.07, 6.45) is 1.75. The lowest BCUT2D eigenvalue weighted by molar-refractivity contribution is -0.140. The van der Waals surface area contributed by atoms with Gasteiger partial charge in [-0.2, -0.15) is 0 Å². The zero-order valence-electron chi connectivity index (χ0n) is 22.2. The molecule has 2 unspecified atom stereocenters. The van der Waals surface area contributed by atoms with Gasteiger partial charge in [-0.3, -0.25) is 13.9 Å². The number of nitrogens with zero attached hydrogens (tertiary/aromatic N) is 2. The molecule has 0 bridgehead atoms. The van der Waals surface area contributed by atoms with Crippen molar-refractivity contribution >= 4 is 27.5 Å². The van der Waals surface area contributed by atoms with Crippen LogP contribution in [0.2, 0.25) is 0 Å². The molecule has 3 aromatic carbocycles. The number of hydrogen-bond acceptors (Lipinski definition) is 4. The molecular weight excluding hydrogens is 524 g/mol. The maximum atomic E-state index is 14.0. The van der Waals surface area contributed by atoms with Gasteiger partial charge in [0.1, 0.15) is 24.2 Å². The van der Waals surface area contributed by atoms with Gasteiger partial charge in [-0.15, -0.1) is 0 Å². The van der Waals surface area contributed by atoms with Gasteiger partial charge in [0.2, 0.25) is 21.8 Å². The topological polar surface area (TPSA) is 86.8 Å². The minimum atomic E-state index is -4.00. The number of anilines is 1. The highest BCUT2D eigenvalue weighted by Gasteiger charge is 2.33. The molecule has 3 aromatic rings. The Hall–Kier alpha value is -3.79. The predicted octanol–water partition coefficient (Wildman–Crippen LogP) is 4.29. The monoisotopic (exact) mass is 557 g/mol. The van der Waals surface area contributed by atoms with Crippen LogP contribution in [0.3, 0.4) is 0 Å². The number of amides is 2. The average Bonchev–Trinajstić information content (AvgIpc) is 2.90. The van der Waals surface area contributed by atoms with Crippen LogP contribution in [0.15, 0.2) is 78.9 Å². The maximum Gasteiger partial charge on any atom is 0.244 e. The number of nitrogens with one attached hydrogen (secondary N) is 1. The molecule has 0 saturated heterocycles. The molecule has 208 valence electrons. The second-order valence-electron chi connectivity index (χ2n) is 9.42. The Bertz CT molecular complexity index is 1370. The minimum Gasteiger partial charge on any atom is -0.352 e. The molecule has 3 rings (SSSR count). The van der Waals surface area contributed by atoms with Gasteiger partial charge in [0.25, 0.3) is 0 Å². The van der Waals surface area contributed by atoms with Crippen LogP contribution >= 0.6 is 0 Å². The molecule has 0 radical (unpaired) electrons. The Morgan fingerprint density at radius 1 is 0.897 bits per heavy atom. The molecule has 0 aliphatic heterocycles. The number of carbonyl (C=O) groups is 2. The molecular formula is C29H33F2N3O4S. The van der Waals surface area contributed by atoms with Gasteiger partial charge in [-0.25, -0.2) is 17.2 Å². The first kappa shape index (κ1) is 29.8. The van der Waals surface area contributed by atoms with Gasteiger partial charge in [0.15, 0.2) is 0 Å². The van der Waals surface area contributed by atoms with Crippen molar-refractivity contribution in [1.82, 2.24) is 10.2 Å². The summed E-state index contributed by atoms with van der Waals surface area (Å²) < 4.78 is 53.8. The van der Waals surface area contributed by atoms with Crippen LogP contribution in [0.1, 0.15) is 31.4 Å². The van der Waals surface area contributed by atoms with Gasteiger partial charge >= 0.3 is 0 Å². The first-order chi connectivity index (χ1) is 18.5. The van der Waals surface area contributed by atoms with E-state index in [0.29, 0.717) is 12.0 Å². The van der Waals surface area contributed by atoms with Gasteiger partial charge in [-0.1, -0.05) is 55.5 Å². The number of sulfonamides is 1. The van der Waals surface area contributed by atoms with Crippen molar-refractivity contribution < 1.29 is 26.8 Å². The van der Waals surface area contributed by atoms with Crippen molar-refractivity contribution in [1.29, 1.82) is 0 Å². The van der Waals surface area contributed by atoms with Crippen molar-refractivity contribution in [2.45, 2.75) is 45.3 Å². The Morgan fingerprint density at radius 2 is 1.56 bits per heavy atom. The minimum absolute atomic E-state index is 0.0174. The first-order valence-corrected chi connectivity index (χ1v) is 14.4. The largest absolute Gasteiger partial charge is 0.352 e. The van der Waals surface area contributed by atoms with E-state index in [0.717, 1.165) is 22.2 Å². The highest BCUT2D eigenvalue weighted by Crippen LogP contribution is 2.21. The van der Waals surface area contributed by atoms with Crippen molar-refractivity contribution in [3.8, 4) is 0 Å². The quantitative estimate of drug-likeness (QED) is 0.360. The fraction of sp³-hybridized carbons (Fsp3) is 0.310. The highest BCUT2D eigenvalue weighted by atomic mass is 32.2. The van der Waals surface area contributed by atoms with E-state index in [1.807, 2.05) is 44.2 Å². The standard InChI is InChI=1S/C29H33F2N3O4S/c1-4-21(2)32-29(36)27(17-22-9-6-5-7-10-22)33(19-23-13-15-24(30)16-14-23)28(35)20-34(39(3,37)38)26-12-8-11-25(31)18-26/h5-16,18,21,27H,4,17,19-20H2,1-3H3,(H,32,36). The fourth-order valence-electron chi connectivity index (χ4n) is 4.03. The summed E-state index contributed by atoms with van der Waals surface area (Å²) in [5.41, 5.74) is 1.33. The molecule has 2 atom stereocenters. The zero-order chi connectivity index (χ0) is 28.6. The number of carbonyl (C=O) groups excluding carboxylic acids is 2. The van der Waals surface area contributed by atoms with Gasteiger partial charge < -0.3 is 10.2 Å². The van der Waals surface area contributed by atoms with Crippen LogP contribution in [0.5, 0.6) is 0 Å². The summed E-state index contributed by atoms with van der Waals surface area (Å²) >= 11 is 0. The van der Waals surface area contributed by atoms with E-state index in [1.54, 1.807) is 0 Å².